The van der Waals surface area contributed by atoms with E-state index in [1.54, 1.807) is 5.30 Å². The fourth-order valence-corrected chi connectivity index (χ4v) is 16.9. The molecule has 176 valence electrons. The Labute approximate surface area is 228 Å². The Morgan fingerprint density at radius 1 is 0.718 bits per heavy atom. The zero-order valence-electron chi connectivity index (χ0n) is 21.1. The van der Waals surface area contributed by atoms with Crippen molar-refractivity contribution in [3.8, 4) is 17.2 Å². The third-order valence-electron chi connectivity index (χ3n) is 10.7. The summed E-state index contributed by atoms with van der Waals surface area (Å²) in [7, 11) is 2.62. The molecule has 9 heteroatoms. The average molecular weight is 509 g/mol. The molecule has 6 aliphatic heterocycles. The van der Waals surface area contributed by atoms with Crippen LogP contribution in [0.1, 0.15) is 0 Å². The van der Waals surface area contributed by atoms with Crippen LogP contribution in [0.5, 0.6) is 11.5 Å². The Kier molecular flexibility index (Phi) is 3.20. The van der Waals surface area contributed by atoms with Gasteiger partial charge in [0.05, 0.1) is 0 Å². The molecular formula is C30H19B5N2OP-. The summed E-state index contributed by atoms with van der Waals surface area (Å²) >= 11 is 0. The first kappa shape index (κ1) is 20.2. The molecule has 39 heavy (non-hydrogen) atoms. The van der Waals surface area contributed by atoms with Gasteiger partial charge in [0, 0.05) is 0 Å². The Morgan fingerprint density at radius 2 is 1.49 bits per heavy atom. The molecule has 2 bridgehead atoms. The standard InChI is InChI=1S/C30H19B5N2OP/c1-2-9-19(10-3-1)36-39(33-31-34(39)35(33)39)20-17-22-21-11-4-6-13-25(21)37-26-14-8-16-28-29(26)32(24(18-20)30(22)37)23-12-5-7-15-27(23)38-28/h1-18,36H/q-1. The van der Waals surface area contributed by atoms with Gasteiger partial charge in [-0.1, -0.05) is 0 Å². The van der Waals surface area contributed by atoms with E-state index in [0.717, 1.165) is 30.1 Å². The van der Waals surface area contributed by atoms with Crippen molar-refractivity contribution < 1.29 is 4.74 Å². The van der Waals surface area contributed by atoms with Crippen LogP contribution in [-0.2, 0) is 0 Å². The van der Waals surface area contributed by atoms with Crippen LogP contribution in [0, 0.1) is 0 Å². The zero-order valence-corrected chi connectivity index (χ0v) is 22.0. The van der Waals surface area contributed by atoms with Gasteiger partial charge in [-0.05, 0) is 0 Å². The predicted octanol–water partition coefficient (Wildman–Crippen LogP) is 3.79. The molecule has 6 aromatic rings. The van der Waals surface area contributed by atoms with E-state index < -0.39 is 6.39 Å². The van der Waals surface area contributed by atoms with Gasteiger partial charge in [0.15, 0.2) is 0 Å². The second-order valence-electron chi connectivity index (χ2n) is 12.0. The second-order valence-corrected chi connectivity index (χ2v) is 17.2. The van der Waals surface area contributed by atoms with Crippen molar-refractivity contribution in [2.75, 3.05) is 5.09 Å². The molecule has 7 heterocycles. The van der Waals surface area contributed by atoms with Gasteiger partial charge >= 0.3 is 229 Å². The Morgan fingerprint density at radius 3 is 2.33 bits per heavy atom. The summed E-state index contributed by atoms with van der Waals surface area (Å²) in [6, 6.07) is 40.3. The summed E-state index contributed by atoms with van der Waals surface area (Å²) in [5.41, 5.74) is 9.17. The van der Waals surface area contributed by atoms with Crippen LogP contribution in [0.3, 0.4) is 0 Å². The molecule has 0 amide bonds. The summed E-state index contributed by atoms with van der Waals surface area (Å²) in [5.74, 6) is 1.96. The first-order chi connectivity index (χ1) is 19.3. The second kappa shape index (κ2) is 6.19. The predicted molar refractivity (Wildman–Crippen MR) is 172 cm³/mol. The van der Waals surface area contributed by atoms with Gasteiger partial charge in [-0.15, -0.1) is 0 Å². The quantitative estimate of drug-likeness (QED) is 0.290. The van der Waals surface area contributed by atoms with Gasteiger partial charge in [0.25, 0.3) is 0 Å². The molecule has 6 aliphatic rings. The number of rotatable bonds is 3. The fraction of sp³-hybridized carbons (Fsp3) is 0. The van der Waals surface area contributed by atoms with Crippen molar-refractivity contribution in [2.24, 2.45) is 0 Å². The average Bonchev–Trinajstić information content (AvgIpc) is 3.56. The number of fused-ring (bicyclic) bond motifs is 7. The van der Waals surface area contributed by atoms with Crippen LogP contribution in [-0.4, -0.2) is 37.0 Å². The summed E-state index contributed by atoms with van der Waals surface area (Å²) in [4.78, 5) is 0. The summed E-state index contributed by atoms with van der Waals surface area (Å²) < 4.78 is 9.05. The first-order valence-corrected chi connectivity index (χ1v) is 16.4. The SMILES string of the molecule is [B-]1B2B3B1P23(Nc1ccccc1)c1cc2c3c(c1)c1ccccc1n3-c1cccc3c1B2c1ccccc1O3. The number of aromatic nitrogens is 1. The fourth-order valence-electron chi connectivity index (χ4n) is 8.90. The van der Waals surface area contributed by atoms with E-state index in [1.165, 1.54) is 49.6 Å². The zero-order chi connectivity index (χ0) is 25.1. The summed E-state index contributed by atoms with van der Waals surface area (Å²) in [5, 5.41) is 8.57. The van der Waals surface area contributed by atoms with Gasteiger partial charge in [-0.25, -0.2) is 0 Å². The number of hydrogen-bond donors (Lipinski definition) is 1. The maximum atomic E-state index is 6.54. The third-order valence-corrected chi connectivity index (χ3v) is 17.7. The van der Waals surface area contributed by atoms with Crippen LogP contribution in [0.25, 0.3) is 27.5 Å². The van der Waals surface area contributed by atoms with Gasteiger partial charge in [-0.3, -0.25) is 0 Å². The molecule has 5 aromatic carbocycles. The molecule has 0 saturated carbocycles. The van der Waals surface area contributed by atoms with Gasteiger partial charge < -0.3 is 0 Å². The molecule has 4 fully saturated rings. The number of para-hydroxylation sites is 3. The number of benzene rings is 5. The van der Waals surface area contributed by atoms with Gasteiger partial charge in [-0.2, -0.15) is 0 Å². The number of hydrogen-bond acceptors (Lipinski definition) is 2. The Bertz CT molecular complexity index is 2110. The maximum absolute atomic E-state index is 6.54. The van der Waals surface area contributed by atoms with E-state index in [9.17, 15) is 0 Å². The van der Waals surface area contributed by atoms with Crippen molar-refractivity contribution in [3.05, 3.63) is 109 Å². The third kappa shape index (κ3) is 1.98. The Balaban J connectivity index is 1.28. The molecule has 0 aliphatic carbocycles. The molecule has 12 rings (SSSR count). The van der Waals surface area contributed by atoms with Gasteiger partial charge in [0.1, 0.15) is 0 Å². The van der Waals surface area contributed by atoms with Crippen LogP contribution in [0.15, 0.2) is 109 Å². The molecule has 0 unspecified atom stereocenters. The van der Waals surface area contributed by atoms with E-state index in [1.807, 2.05) is 0 Å². The van der Waals surface area contributed by atoms with Crippen molar-refractivity contribution in [2.45, 2.75) is 0 Å². The molecular weight excluding hydrogens is 489 g/mol. The topological polar surface area (TPSA) is 26.2 Å². The van der Waals surface area contributed by atoms with Crippen LogP contribution >= 0.6 is 6.39 Å². The number of ether oxygens (including phenoxy) is 1. The van der Waals surface area contributed by atoms with Crippen molar-refractivity contribution in [3.63, 3.8) is 0 Å². The summed E-state index contributed by atoms with van der Waals surface area (Å²) in [6.07, 6.45) is 0.122. The number of nitrogens with zero attached hydrogens (tertiary/aromatic N) is 1. The number of nitrogens with one attached hydrogen (secondary N) is 1. The minimum absolute atomic E-state index is 0.161. The van der Waals surface area contributed by atoms with E-state index >= 15 is 0 Å². The molecule has 0 atom stereocenters. The molecule has 2 radical (unpaired) electrons. The molecule has 1 N–H and O–H groups in total. The van der Waals surface area contributed by atoms with E-state index in [0.29, 0.717) is 0 Å². The number of anilines is 1. The normalized spacial score (nSPS) is 19.7. The van der Waals surface area contributed by atoms with Crippen LogP contribution in [0.4, 0.5) is 5.69 Å². The van der Waals surface area contributed by atoms with Crippen LogP contribution < -0.4 is 31.5 Å². The van der Waals surface area contributed by atoms with E-state index in [4.69, 9.17) is 4.74 Å². The van der Waals surface area contributed by atoms with E-state index in [-0.39, 0.29) is 6.71 Å². The van der Waals surface area contributed by atoms with Crippen LogP contribution in [0.2, 0.25) is 0 Å². The first-order valence-electron chi connectivity index (χ1n) is 14.0. The van der Waals surface area contributed by atoms with Crippen molar-refractivity contribution in [1.82, 2.24) is 4.57 Å². The monoisotopic (exact) mass is 509 g/mol. The molecule has 0 spiro atoms. The molecule has 1 aromatic heterocycles. The Hall–Kier alpha value is -3.75. The summed E-state index contributed by atoms with van der Waals surface area (Å²) in [6.45, 7) is 0.161. The van der Waals surface area contributed by atoms with Crippen molar-refractivity contribution >= 4 is 88.0 Å². The van der Waals surface area contributed by atoms with Crippen molar-refractivity contribution in [1.29, 1.82) is 0 Å². The minimum atomic E-state index is -2.20. The molecule has 4 saturated heterocycles. The van der Waals surface area contributed by atoms with E-state index in [2.05, 4.69) is 126 Å². The molecule has 3 nitrogen and oxygen atoms in total. The van der Waals surface area contributed by atoms with Gasteiger partial charge in [0.2, 0.25) is 0 Å².